The van der Waals surface area contributed by atoms with Gasteiger partial charge in [0, 0.05) is 10.7 Å². The molecule has 3 aromatic carbocycles. The summed E-state index contributed by atoms with van der Waals surface area (Å²) in [5, 5.41) is 14.3. The summed E-state index contributed by atoms with van der Waals surface area (Å²) in [7, 11) is 0. The van der Waals surface area contributed by atoms with E-state index in [0.717, 1.165) is 29.5 Å². The van der Waals surface area contributed by atoms with Crippen LogP contribution in [0.25, 0.3) is 5.69 Å². The highest BCUT2D eigenvalue weighted by molar-refractivity contribution is 7.99. The number of ether oxygens (including phenoxy) is 1. The van der Waals surface area contributed by atoms with E-state index >= 15 is 0 Å². The maximum absolute atomic E-state index is 13.4. The average molecular weight is 624 g/mol. The molecule has 14 heteroatoms. The van der Waals surface area contributed by atoms with Gasteiger partial charge in [0.05, 0.1) is 28.6 Å². The van der Waals surface area contributed by atoms with E-state index in [-0.39, 0.29) is 52.3 Å². The van der Waals surface area contributed by atoms with Crippen LogP contribution >= 0.6 is 35.0 Å². The van der Waals surface area contributed by atoms with Crippen molar-refractivity contribution < 1.29 is 27.5 Å². The highest BCUT2D eigenvalue weighted by Gasteiger charge is 2.31. The lowest BCUT2D eigenvalue weighted by Crippen LogP contribution is -2.29. The summed E-state index contributed by atoms with van der Waals surface area (Å²) in [4.78, 5) is 25.0. The van der Waals surface area contributed by atoms with Gasteiger partial charge in [0.15, 0.2) is 17.6 Å². The Kier molecular flexibility index (Phi) is 9.79. The predicted octanol–water partition coefficient (Wildman–Crippen LogP) is 6.33. The molecule has 2 N–H and O–H groups in total. The smallest absolute Gasteiger partial charge is 0.416 e. The van der Waals surface area contributed by atoms with E-state index in [1.807, 2.05) is 13.0 Å². The van der Waals surface area contributed by atoms with Crippen LogP contribution in [0.5, 0.6) is 5.75 Å². The Morgan fingerprint density at radius 3 is 2.51 bits per heavy atom. The van der Waals surface area contributed by atoms with Crippen LogP contribution in [0.3, 0.4) is 0 Å². The van der Waals surface area contributed by atoms with Gasteiger partial charge in [0.25, 0.3) is 5.91 Å². The number of carbonyl (C=O) groups excluding carboxylic acids is 2. The van der Waals surface area contributed by atoms with Crippen molar-refractivity contribution in [3.8, 4) is 11.4 Å². The Hall–Kier alpha value is -3.74. The standard InChI is InChI=1S/C27H22Cl2F3N5O3S/c1-16-4-2-6-19(10-16)34-25(39)15-41-26-36-35-23(37(26)20-7-3-5-17(11-20)27(30,31)32)13-33-24(38)14-40-22-9-8-18(28)12-21(22)29/h2-12H,13-15H2,1H3,(H,33,38)(H,34,39). The fraction of sp³-hybridized carbons (Fsp3) is 0.185. The van der Waals surface area contributed by atoms with Crippen molar-refractivity contribution in [2.75, 3.05) is 17.7 Å². The number of carbonyl (C=O) groups is 2. The second kappa shape index (κ2) is 13.3. The van der Waals surface area contributed by atoms with Gasteiger partial charge < -0.3 is 15.4 Å². The molecular weight excluding hydrogens is 602 g/mol. The predicted molar refractivity (Wildman–Crippen MR) is 151 cm³/mol. The summed E-state index contributed by atoms with van der Waals surface area (Å²) in [6.07, 6.45) is -4.58. The van der Waals surface area contributed by atoms with Crippen LogP contribution in [-0.2, 0) is 22.3 Å². The zero-order valence-corrected chi connectivity index (χ0v) is 23.7. The average Bonchev–Trinajstić information content (AvgIpc) is 3.32. The first-order valence-corrected chi connectivity index (χ1v) is 13.7. The lowest BCUT2D eigenvalue weighted by Gasteiger charge is -2.14. The Morgan fingerprint density at radius 1 is 1.00 bits per heavy atom. The molecule has 0 saturated carbocycles. The topological polar surface area (TPSA) is 98.1 Å². The van der Waals surface area contributed by atoms with Crippen LogP contribution in [0, 0.1) is 6.92 Å². The Morgan fingerprint density at radius 2 is 1.78 bits per heavy atom. The van der Waals surface area contributed by atoms with E-state index in [1.165, 1.54) is 28.8 Å². The third kappa shape index (κ3) is 8.38. The minimum atomic E-state index is -4.58. The molecule has 0 spiro atoms. The summed E-state index contributed by atoms with van der Waals surface area (Å²) in [5.74, 6) is -0.578. The number of thioether (sulfide) groups is 1. The number of hydrogen-bond donors (Lipinski definition) is 2. The van der Waals surface area contributed by atoms with Gasteiger partial charge in [-0.3, -0.25) is 14.2 Å². The number of anilines is 1. The minimum absolute atomic E-state index is 0.0902. The van der Waals surface area contributed by atoms with Crippen LogP contribution in [0.2, 0.25) is 10.0 Å². The summed E-state index contributed by atoms with van der Waals surface area (Å²) in [5.41, 5.74) is 0.813. The summed E-state index contributed by atoms with van der Waals surface area (Å²) in [6.45, 7) is 1.32. The Labute approximate surface area is 247 Å². The molecule has 0 radical (unpaired) electrons. The number of hydrogen-bond acceptors (Lipinski definition) is 6. The number of alkyl halides is 3. The first-order valence-electron chi connectivity index (χ1n) is 12.0. The van der Waals surface area contributed by atoms with E-state index < -0.39 is 17.6 Å². The first-order chi connectivity index (χ1) is 19.5. The Balaban J connectivity index is 1.49. The molecule has 4 aromatic rings. The maximum atomic E-state index is 13.4. The van der Waals surface area contributed by atoms with Crippen LogP contribution < -0.4 is 15.4 Å². The first kappa shape index (κ1) is 30.2. The number of amides is 2. The zero-order valence-electron chi connectivity index (χ0n) is 21.3. The van der Waals surface area contributed by atoms with Gasteiger partial charge in [-0.25, -0.2) is 0 Å². The quantitative estimate of drug-likeness (QED) is 0.200. The molecule has 41 heavy (non-hydrogen) atoms. The van der Waals surface area contributed by atoms with E-state index in [0.29, 0.717) is 10.7 Å². The SMILES string of the molecule is Cc1cccc(NC(=O)CSc2nnc(CNC(=O)COc3ccc(Cl)cc3Cl)n2-c2cccc(C(F)(F)F)c2)c1. The number of aryl methyl sites for hydroxylation is 1. The second-order valence-electron chi connectivity index (χ2n) is 8.63. The number of nitrogens with zero attached hydrogens (tertiary/aromatic N) is 3. The number of aromatic nitrogens is 3. The van der Waals surface area contributed by atoms with Crippen LogP contribution in [0.1, 0.15) is 17.0 Å². The van der Waals surface area contributed by atoms with Crippen molar-refractivity contribution in [1.82, 2.24) is 20.1 Å². The number of rotatable bonds is 10. The fourth-order valence-electron chi connectivity index (χ4n) is 3.60. The fourth-order valence-corrected chi connectivity index (χ4v) is 4.84. The number of benzene rings is 3. The molecule has 214 valence electrons. The van der Waals surface area contributed by atoms with Crippen LogP contribution in [-0.4, -0.2) is 38.9 Å². The van der Waals surface area contributed by atoms with Crippen LogP contribution in [0.15, 0.2) is 71.9 Å². The highest BCUT2D eigenvalue weighted by atomic mass is 35.5. The van der Waals surface area contributed by atoms with Gasteiger partial charge in [-0.05, 0) is 61.0 Å². The monoisotopic (exact) mass is 623 g/mol. The molecule has 1 heterocycles. The molecule has 0 atom stereocenters. The molecule has 8 nitrogen and oxygen atoms in total. The Bertz CT molecular complexity index is 1570. The maximum Gasteiger partial charge on any atom is 0.416 e. The second-order valence-corrected chi connectivity index (χ2v) is 10.4. The van der Waals surface area contributed by atoms with Gasteiger partial charge in [0.2, 0.25) is 5.91 Å². The molecule has 0 bridgehead atoms. The molecule has 2 amide bonds. The van der Waals surface area contributed by atoms with Crippen molar-refractivity contribution in [2.24, 2.45) is 0 Å². The van der Waals surface area contributed by atoms with Crippen molar-refractivity contribution in [1.29, 1.82) is 0 Å². The molecule has 0 aliphatic heterocycles. The van der Waals surface area contributed by atoms with Crippen molar-refractivity contribution in [2.45, 2.75) is 24.8 Å². The van der Waals surface area contributed by atoms with E-state index in [4.69, 9.17) is 27.9 Å². The summed E-state index contributed by atoms with van der Waals surface area (Å²) in [6, 6.07) is 16.4. The molecule has 1 aromatic heterocycles. The van der Waals surface area contributed by atoms with Crippen molar-refractivity contribution in [3.63, 3.8) is 0 Å². The van der Waals surface area contributed by atoms with Gasteiger partial charge in [-0.2, -0.15) is 13.2 Å². The molecule has 0 saturated heterocycles. The van der Waals surface area contributed by atoms with Crippen molar-refractivity contribution in [3.05, 3.63) is 93.7 Å². The van der Waals surface area contributed by atoms with E-state index in [2.05, 4.69) is 20.8 Å². The third-order valence-corrected chi connectivity index (χ3v) is 6.92. The van der Waals surface area contributed by atoms with Gasteiger partial charge in [-0.1, -0.05) is 53.2 Å². The molecule has 0 unspecified atom stereocenters. The normalized spacial score (nSPS) is 11.3. The highest BCUT2D eigenvalue weighted by Crippen LogP contribution is 2.32. The van der Waals surface area contributed by atoms with Gasteiger partial charge >= 0.3 is 6.18 Å². The molecular formula is C27H22Cl2F3N5O3S. The number of nitrogens with one attached hydrogen (secondary N) is 2. The molecule has 0 aliphatic rings. The minimum Gasteiger partial charge on any atom is -0.482 e. The third-order valence-electron chi connectivity index (χ3n) is 5.46. The van der Waals surface area contributed by atoms with Gasteiger partial charge in [0.1, 0.15) is 5.75 Å². The summed E-state index contributed by atoms with van der Waals surface area (Å²) >= 11 is 12.9. The lowest BCUT2D eigenvalue weighted by atomic mass is 10.2. The van der Waals surface area contributed by atoms with Crippen molar-refractivity contribution >= 4 is 52.5 Å². The molecule has 4 rings (SSSR count). The summed E-state index contributed by atoms with van der Waals surface area (Å²) < 4.78 is 47.1. The number of halogens is 5. The lowest BCUT2D eigenvalue weighted by molar-refractivity contribution is -0.137. The zero-order chi connectivity index (χ0) is 29.6. The van der Waals surface area contributed by atoms with E-state index in [1.54, 1.807) is 24.3 Å². The van der Waals surface area contributed by atoms with Gasteiger partial charge in [-0.15, -0.1) is 10.2 Å². The van der Waals surface area contributed by atoms with E-state index in [9.17, 15) is 22.8 Å². The van der Waals surface area contributed by atoms with Crippen LogP contribution in [0.4, 0.5) is 18.9 Å². The largest absolute Gasteiger partial charge is 0.482 e. The molecule has 0 fully saturated rings. The molecule has 0 aliphatic carbocycles.